The number of amides is 1. The van der Waals surface area contributed by atoms with E-state index in [9.17, 15) is 9.59 Å². The predicted molar refractivity (Wildman–Crippen MR) is 111 cm³/mol. The summed E-state index contributed by atoms with van der Waals surface area (Å²) in [5, 5.41) is 2.82. The molecule has 1 fully saturated rings. The van der Waals surface area contributed by atoms with Crippen LogP contribution in [0.3, 0.4) is 0 Å². The Balaban J connectivity index is 1.64. The molecule has 1 amide bonds. The Morgan fingerprint density at radius 3 is 2.38 bits per heavy atom. The Morgan fingerprint density at radius 1 is 1.10 bits per heavy atom. The molecule has 29 heavy (non-hydrogen) atoms. The number of aryl methyl sites for hydroxylation is 1. The second kappa shape index (κ2) is 9.47. The van der Waals surface area contributed by atoms with E-state index >= 15 is 0 Å². The van der Waals surface area contributed by atoms with Crippen molar-refractivity contribution in [1.29, 1.82) is 0 Å². The minimum atomic E-state index is -0.384. The van der Waals surface area contributed by atoms with E-state index in [1.165, 1.54) is 0 Å². The van der Waals surface area contributed by atoms with Crippen LogP contribution >= 0.6 is 0 Å². The van der Waals surface area contributed by atoms with Gasteiger partial charge in [-0.05, 0) is 44.7 Å². The number of rotatable bonds is 6. The van der Waals surface area contributed by atoms with Crippen LogP contribution in [0.15, 0.2) is 30.5 Å². The maximum absolute atomic E-state index is 12.6. The number of carbonyl (C=O) groups is 2. The lowest BCUT2D eigenvalue weighted by Gasteiger charge is -2.34. The minimum absolute atomic E-state index is 0.284. The molecule has 3 rings (SSSR count). The van der Waals surface area contributed by atoms with Gasteiger partial charge in [-0.2, -0.15) is 0 Å². The molecule has 1 aliphatic rings. The third-order valence-electron chi connectivity index (χ3n) is 4.97. The Bertz CT molecular complexity index is 861. The molecule has 0 atom stereocenters. The SMILES string of the molecule is CCOC(=O)c1ccc(NC(=O)c2cnc(N3CCN(CC)CC3)nc2C)cc1. The highest BCUT2D eigenvalue weighted by Gasteiger charge is 2.20. The van der Waals surface area contributed by atoms with Gasteiger partial charge < -0.3 is 19.9 Å². The zero-order valence-corrected chi connectivity index (χ0v) is 17.1. The van der Waals surface area contributed by atoms with Crippen molar-refractivity contribution in [1.82, 2.24) is 14.9 Å². The van der Waals surface area contributed by atoms with Crippen LogP contribution in [0.2, 0.25) is 0 Å². The quantitative estimate of drug-likeness (QED) is 0.749. The normalized spacial score (nSPS) is 14.5. The number of piperazine rings is 1. The number of anilines is 2. The molecule has 1 aromatic heterocycles. The lowest BCUT2D eigenvalue weighted by Crippen LogP contribution is -2.46. The standard InChI is InChI=1S/C21H27N5O3/c1-4-25-10-12-26(13-11-25)21-22-14-18(15(3)23-21)19(27)24-17-8-6-16(7-9-17)20(28)29-5-2/h6-9,14H,4-5,10-13H2,1-3H3,(H,24,27). The van der Waals surface area contributed by atoms with E-state index in [-0.39, 0.29) is 11.9 Å². The Morgan fingerprint density at radius 2 is 1.79 bits per heavy atom. The van der Waals surface area contributed by atoms with Crippen molar-refractivity contribution < 1.29 is 14.3 Å². The predicted octanol–water partition coefficient (Wildman–Crippen LogP) is 2.36. The van der Waals surface area contributed by atoms with Crippen molar-refractivity contribution in [2.75, 3.05) is 49.5 Å². The van der Waals surface area contributed by atoms with Gasteiger partial charge in [-0.15, -0.1) is 0 Å². The maximum atomic E-state index is 12.6. The summed E-state index contributed by atoms with van der Waals surface area (Å²) in [4.78, 5) is 37.8. The number of hydrogen-bond acceptors (Lipinski definition) is 7. The number of hydrogen-bond donors (Lipinski definition) is 1. The molecule has 8 heteroatoms. The van der Waals surface area contributed by atoms with E-state index in [2.05, 4.69) is 32.0 Å². The average Bonchev–Trinajstić information content (AvgIpc) is 2.74. The van der Waals surface area contributed by atoms with Crippen LogP contribution in [-0.2, 0) is 4.74 Å². The molecule has 0 aliphatic carbocycles. The number of carbonyl (C=O) groups excluding carboxylic acids is 2. The van der Waals surface area contributed by atoms with Gasteiger partial charge in [0.15, 0.2) is 0 Å². The van der Waals surface area contributed by atoms with Crippen molar-refractivity contribution in [3.63, 3.8) is 0 Å². The van der Waals surface area contributed by atoms with Gasteiger partial charge >= 0.3 is 5.97 Å². The van der Waals surface area contributed by atoms with Gasteiger partial charge in [0.1, 0.15) is 0 Å². The topological polar surface area (TPSA) is 87.7 Å². The van der Waals surface area contributed by atoms with Gasteiger partial charge in [0.25, 0.3) is 5.91 Å². The molecule has 1 saturated heterocycles. The molecule has 0 radical (unpaired) electrons. The first-order valence-corrected chi connectivity index (χ1v) is 9.91. The smallest absolute Gasteiger partial charge is 0.338 e. The molecular formula is C21H27N5O3. The monoisotopic (exact) mass is 397 g/mol. The highest BCUT2D eigenvalue weighted by Crippen LogP contribution is 2.16. The van der Waals surface area contributed by atoms with E-state index in [0.29, 0.717) is 35.1 Å². The van der Waals surface area contributed by atoms with Gasteiger partial charge in [-0.25, -0.2) is 14.8 Å². The van der Waals surface area contributed by atoms with Crippen molar-refractivity contribution in [2.45, 2.75) is 20.8 Å². The Kier molecular flexibility index (Phi) is 6.77. The highest BCUT2D eigenvalue weighted by atomic mass is 16.5. The average molecular weight is 397 g/mol. The van der Waals surface area contributed by atoms with Crippen molar-refractivity contribution in [3.05, 3.63) is 47.3 Å². The minimum Gasteiger partial charge on any atom is -0.462 e. The van der Waals surface area contributed by atoms with Crippen LogP contribution in [0.25, 0.3) is 0 Å². The molecule has 0 spiro atoms. The van der Waals surface area contributed by atoms with Crippen LogP contribution in [0, 0.1) is 6.92 Å². The van der Waals surface area contributed by atoms with Gasteiger partial charge in [-0.3, -0.25) is 4.79 Å². The van der Waals surface area contributed by atoms with Crippen LogP contribution in [0.5, 0.6) is 0 Å². The summed E-state index contributed by atoms with van der Waals surface area (Å²) in [6.45, 7) is 10.8. The number of aromatic nitrogens is 2. The highest BCUT2D eigenvalue weighted by molar-refractivity contribution is 6.05. The first-order valence-electron chi connectivity index (χ1n) is 9.91. The summed E-state index contributed by atoms with van der Waals surface area (Å²) in [6.07, 6.45) is 1.58. The molecule has 0 bridgehead atoms. The molecule has 2 heterocycles. The molecule has 8 nitrogen and oxygen atoms in total. The second-order valence-corrected chi connectivity index (χ2v) is 6.84. The maximum Gasteiger partial charge on any atom is 0.338 e. The number of ether oxygens (including phenoxy) is 1. The molecule has 0 unspecified atom stereocenters. The Hall–Kier alpha value is -3.00. The zero-order valence-electron chi connectivity index (χ0n) is 17.1. The summed E-state index contributed by atoms with van der Waals surface area (Å²) >= 11 is 0. The molecule has 1 aromatic carbocycles. The van der Waals surface area contributed by atoms with Gasteiger partial charge in [0.05, 0.1) is 23.4 Å². The lowest BCUT2D eigenvalue weighted by atomic mass is 10.2. The lowest BCUT2D eigenvalue weighted by molar-refractivity contribution is 0.0526. The fourth-order valence-corrected chi connectivity index (χ4v) is 3.20. The molecule has 2 aromatic rings. The van der Waals surface area contributed by atoms with Crippen LogP contribution < -0.4 is 10.2 Å². The van der Waals surface area contributed by atoms with Gasteiger partial charge in [0, 0.05) is 38.1 Å². The Labute approximate surface area is 170 Å². The van der Waals surface area contributed by atoms with Gasteiger partial charge in [0.2, 0.25) is 5.95 Å². The van der Waals surface area contributed by atoms with E-state index in [1.807, 2.05) is 6.92 Å². The van der Waals surface area contributed by atoms with Crippen LogP contribution in [-0.4, -0.2) is 66.1 Å². The van der Waals surface area contributed by atoms with Crippen LogP contribution in [0.4, 0.5) is 11.6 Å². The van der Waals surface area contributed by atoms with Crippen LogP contribution in [0.1, 0.15) is 40.3 Å². The molecule has 1 N–H and O–H groups in total. The number of benzene rings is 1. The summed E-state index contributed by atoms with van der Waals surface area (Å²) in [7, 11) is 0. The number of nitrogens with one attached hydrogen (secondary N) is 1. The summed E-state index contributed by atoms with van der Waals surface area (Å²) < 4.78 is 4.96. The van der Waals surface area contributed by atoms with E-state index < -0.39 is 0 Å². The van der Waals surface area contributed by atoms with E-state index in [1.54, 1.807) is 37.4 Å². The second-order valence-electron chi connectivity index (χ2n) is 6.84. The van der Waals surface area contributed by atoms with Gasteiger partial charge in [-0.1, -0.05) is 6.92 Å². The third-order valence-corrected chi connectivity index (χ3v) is 4.97. The van der Waals surface area contributed by atoms with E-state index in [0.717, 1.165) is 32.7 Å². The first-order chi connectivity index (χ1) is 14.0. The number of likely N-dealkylation sites (N-methyl/N-ethyl adjacent to an activating group) is 1. The number of nitrogens with zero attached hydrogens (tertiary/aromatic N) is 4. The molecule has 0 saturated carbocycles. The summed E-state index contributed by atoms with van der Waals surface area (Å²) in [6, 6.07) is 6.58. The first kappa shape index (κ1) is 20.7. The molecule has 1 aliphatic heterocycles. The zero-order chi connectivity index (χ0) is 20.8. The summed E-state index contributed by atoms with van der Waals surface area (Å²) in [5.41, 5.74) is 2.09. The third kappa shape index (κ3) is 5.08. The van der Waals surface area contributed by atoms with E-state index in [4.69, 9.17) is 4.74 Å². The number of esters is 1. The van der Waals surface area contributed by atoms with Crippen molar-refractivity contribution in [3.8, 4) is 0 Å². The molecule has 154 valence electrons. The largest absolute Gasteiger partial charge is 0.462 e. The molecular weight excluding hydrogens is 370 g/mol. The fraction of sp³-hybridized carbons (Fsp3) is 0.429. The summed E-state index contributed by atoms with van der Waals surface area (Å²) in [5.74, 6) is -0.00712. The van der Waals surface area contributed by atoms with Crippen molar-refractivity contribution >= 4 is 23.5 Å². The fourth-order valence-electron chi connectivity index (χ4n) is 3.20. The van der Waals surface area contributed by atoms with Crippen molar-refractivity contribution in [2.24, 2.45) is 0 Å².